The molecule has 0 radical (unpaired) electrons. The molecule has 1 saturated carbocycles. The molecule has 9 aromatic rings. The molecule has 14 rings (SSSR count). The number of benzene rings is 7. The minimum atomic E-state index is -0.126. The van der Waals surface area contributed by atoms with E-state index in [1.54, 1.807) is 0 Å². The molecule has 5 heterocycles. The number of para-hydroxylation sites is 1. The predicted molar refractivity (Wildman–Crippen MR) is 307 cm³/mol. The molecule has 3 aliphatic heterocycles. The number of nitrogens with zero attached hydrogens (tertiary/aromatic N) is 2. The molecule has 71 heavy (non-hydrogen) atoms. The van der Waals surface area contributed by atoms with E-state index in [0.29, 0.717) is 0 Å². The van der Waals surface area contributed by atoms with Gasteiger partial charge in [0.05, 0.1) is 5.54 Å². The molecule has 5 aliphatic rings. The second-order valence-electron chi connectivity index (χ2n) is 26.3. The lowest BCUT2D eigenvalue weighted by atomic mass is 9.42. The zero-order chi connectivity index (χ0) is 49.1. The van der Waals surface area contributed by atoms with Crippen molar-refractivity contribution in [1.29, 1.82) is 0 Å². The van der Waals surface area contributed by atoms with Gasteiger partial charge in [-0.25, -0.2) is 0 Å². The first-order valence-electron chi connectivity index (χ1n) is 26.7. The van der Waals surface area contributed by atoms with Gasteiger partial charge in [-0.15, -0.1) is 11.3 Å². The summed E-state index contributed by atoms with van der Waals surface area (Å²) in [4.78, 5) is 5.71. The molecule has 0 amide bonds. The Balaban J connectivity index is 1.19. The highest BCUT2D eigenvalue weighted by atomic mass is 32.1. The molecule has 0 bridgehead atoms. The predicted octanol–water partition coefficient (Wildman–Crippen LogP) is 17.5. The summed E-state index contributed by atoms with van der Waals surface area (Å²) in [5, 5.41) is 5.17. The van der Waals surface area contributed by atoms with Crippen molar-refractivity contribution in [2.24, 2.45) is 0 Å². The molecule has 2 aliphatic carbocycles. The summed E-state index contributed by atoms with van der Waals surface area (Å²) >= 11 is 1.99. The molecule has 2 unspecified atom stereocenters. The van der Waals surface area contributed by atoms with Crippen LogP contribution >= 0.6 is 11.3 Å². The maximum atomic E-state index is 7.13. The van der Waals surface area contributed by atoms with E-state index >= 15 is 0 Å². The molecule has 0 N–H and O–H groups in total. The second-order valence-corrected chi connectivity index (χ2v) is 27.3. The SMILES string of the molecule is CC(C)(C)c1ccc(N2B3c4cc(C(C)(C)C)cc5c4N(c4cc6oc7ccccc7c6c(c43)-c3cc4c(cc32)sc2cc3c(cc24)C(C)(C)CCC3(C)C)C2(C)CCCCC52C)c(-c2ccccc2)c1. The Morgan fingerprint density at radius 2 is 1.23 bits per heavy atom. The number of hydrogen-bond acceptors (Lipinski definition) is 4. The molecule has 0 saturated heterocycles. The van der Waals surface area contributed by atoms with Crippen LogP contribution in [0, 0.1) is 0 Å². The third kappa shape index (κ3) is 5.79. The topological polar surface area (TPSA) is 19.6 Å². The van der Waals surface area contributed by atoms with Crippen molar-refractivity contribution < 1.29 is 4.42 Å². The average molecular weight is 947 g/mol. The van der Waals surface area contributed by atoms with Gasteiger partial charge >= 0.3 is 6.85 Å². The highest BCUT2D eigenvalue weighted by Crippen LogP contribution is 2.64. The monoisotopic (exact) mass is 947 g/mol. The molecular weight excluding hydrogens is 880 g/mol. The number of furan rings is 1. The largest absolute Gasteiger partial charge is 0.456 e. The van der Waals surface area contributed by atoms with E-state index in [9.17, 15) is 0 Å². The molecule has 2 aromatic heterocycles. The second kappa shape index (κ2) is 14.0. The third-order valence-corrected chi connectivity index (χ3v) is 20.3. The van der Waals surface area contributed by atoms with Gasteiger partial charge in [0.2, 0.25) is 0 Å². The lowest BCUT2D eigenvalue weighted by Gasteiger charge is -2.53. The van der Waals surface area contributed by atoms with Crippen LogP contribution in [0.25, 0.3) is 64.4 Å². The molecular formula is C66H67BN2OS. The Labute approximate surface area is 425 Å². The fourth-order valence-corrected chi connectivity index (χ4v) is 15.8. The fourth-order valence-electron chi connectivity index (χ4n) is 14.7. The lowest BCUT2D eigenvalue weighted by molar-refractivity contribution is 0.195. The van der Waals surface area contributed by atoms with Crippen molar-refractivity contribution >= 4 is 94.0 Å². The molecule has 2 atom stereocenters. The van der Waals surface area contributed by atoms with Gasteiger partial charge in [0.1, 0.15) is 11.2 Å². The van der Waals surface area contributed by atoms with E-state index in [4.69, 9.17) is 4.42 Å². The van der Waals surface area contributed by atoms with Gasteiger partial charge < -0.3 is 14.1 Å². The number of hydrogen-bond donors (Lipinski definition) is 0. The van der Waals surface area contributed by atoms with Crippen LogP contribution in [0.2, 0.25) is 0 Å². The van der Waals surface area contributed by atoms with E-state index in [1.807, 2.05) is 11.3 Å². The Kier molecular flexibility index (Phi) is 8.69. The van der Waals surface area contributed by atoms with Gasteiger partial charge in [-0.1, -0.05) is 156 Å². The van der Waals surface area contributed by atoms with Gasteiger partial charge in [-0.05, 0) is 147 Å². The number of anilines is 4. The minimum absolute atomic E-state index is 0.0322. The Morgan fingerprint density at radius 3 is 1.97 bits per heavy atom. The van der Waals surface area contributed by atoms with E-state index < -0.39 is 0 Å². The maximum absolute atomic E-state index is 7.13. The van der Waals surface area contributed by atoms with E-state index in [2.05, 4.69) is 208 Å². The zero-order valence-electron chi connectivity index (χ0n) is 44.0. The summed E-state index contributed by atoms with van der Waals surface area (Å²) in [5.74, 6) is 0. The fraction of sp³-hybridized carbons (Fsp3) is 0.364. The van der Waals surface area contributed by atoms with Crippen molar-refractivity contribution in [3.63, 3.8) is 0 Å². The number of rotatable bonds is 2. The minimum Gasteiger partial charge on any atom is -0.456 e. The molecule has 356 valence electrons. The van der Waals surface area contributed by atoms with Crippen LogP contribution in [0.15, 0.2) is 120 Å². The summed E-state index contributed by atoms with van der Waals surface area (Å²) < 4.78 is 9.87. The van der Waals surface area contributed by atoms with E-state index in [1.165, 1.54) is 147 Å². The van der Waals surface area contributed by atoms with Crippen LogP contribution < -0.4 is 20.6 Å². The third-order valence-electron chi connectivity index (χ3n) is 19.1. The maximum Gasteiger partial charge on any atom is 0.333 e. The highest BCUT2D eigenvalue weighted by Gasteiger charge is 2.62. The van der Waals surface area contributed by atoms with Crippen LogP contribution in [-0.4, -0.2) is 12.4 Å². The summed E-state index contributed by atoms with van der Waals surface area (Å²) in [6, 6.07) is 45.7. The van der Waals surface area contributed by atoms with Crippen LogP contribution in [0.1, 0.15) is 149 Å². The van der Waals surface area contributed by atoms with Crippen LogP contribution in [0.3, 0.4) is 0 Å². The van der Waals surface area contributed by atoms with Gasteiger partial charge in [-0.2, -0.15) is 0 Å². The van der Waals surface area contributed by atoms with E-state index in [-0.39, 0.29) is 39.5 Å². The van der Waals surface area contributed by atoms with E-state index in [0.717, 1.165) is 17.6 Å². The quantitative estimate of drug-likeness (QED) is 0.161. The zero-order valence-corrected chi connectivity index (χ0v) is 44.8. The average Bonchev–Trinajstić information content (AvgIpc) is 3.95. The highest BCUT2D eigenvalue weighted by molar-refractivity contribution is 7.26. The molecule has 0 spiro atoms. The Bertz CT molecular complexity index is 3800. The van der Waals surface area contributed by atoms with Crippen molar-refractivity contribution in [3.8, 4) is 22.3 Å². The molecule has 7 aromatic carbocycles. The van der Waals surface area contributed by atoms with Gasteiger partial charge in [0, 0.05) is 76.3 Å². The number of thiophene rings is 1. The number of fused-ring (bicyclic) bond motifs is 15. The summed E-state index contributed by atoms with van der Waals surface area (Å²) in [7, 11) is 0. The standard InChI is InChI=1S/C66H67BN2OS/c1-61(2,3)39-24-25-50(42(30-39)38-20-14-13-15-21-38)69-51-37-56-43(44-34-46-47(35-55(44)71-56)64(9,10)29-28-63(46,7)8)33-45(51)58-57-41-22-16-17-23-53(41)70-54(57)36-52-59(58)67(69)49-32-40(62(4,5)6)31-48-60(49)68(52)66(12)27-19-18-26-65(48,66)11/h13-17,20-25,30-37H,18-19,26-29H2,1-12H3. The Morgan fingerprint density at radius 1 is 0.549 bits per heavy atom. The van der Waals surface area contributed by atoms with Crippen molar-refractivity contribution in [2.75, 3.05) is 9.71 Å². The van der Waals surface area contributed by atoms with Gasteiger partial charge in [-0.3, -0.25) is 0 Å². The molecule has 5 heteroatoms. The van der Waals surface area contributed by atoms with Gasteiger partial charge in [0.15, 0.2) is 0 Å². The van der Waals surface area contributed by atoms with Crippen molar-refractivity contribution in [1.82, 2.24) is 0 Å². The normalized spacial score (nSPS) is 21.7. The first-order valence-corrected chi connectivity index (χ1v) is 27.5. The van der Waals surface area contributed by atoms with Crippen molar-refractivity contribution in [3.05, 3.63) is 143 Å². The summed E-state index contributed by atoms with van der Waals surface area (Å²) in [5.41, 5.74) is 22.5. The summed E-state index contributed by atoms with van der Waals surface area (Å²) in [6.45, 7) is 29.3. The Hall–Kier alpha value is -5.78. The van der Waals surface area contributed by atoms with Crippen LogP contribution in [0.4, 0.5) is 22.7 Å². The first kappa shape index (κ1) is 44.0. The van der Waals surface area contributed by atoms with Crippen LogP contribution in [0.5, 0.6) is 0 Å². The smallest absolute Gasteiger partial charge is 0.333 e. The lowest BCUT2D eigenvalue weighted by Crippen LogP contribution is -2.64. The van der Waals surface area contributed by atoms with Crippen LogP contribution in [-0.2, 0) is 27.1 Å². The molecule has 3 nitrogen and oxygen atoms in total. The van der Waals surface area contributed by atoms with Gasteiger partial charge in [0.25, 0.3) is 0 Å². The molecule has 1 fully saturated rings. The van der Waals surface area contributed by atoms with Crippen molar-refractivity contribution in [2.45, 2.75) is 154 Å². The first-order chi connectivity index (χ1) is 33.7. The summed E-state index contributed by atoms with van der Waals surface area (Å²) in [6.07, 6.45) is 7.20.